The summed E-state index contributed by atoms with van der Waals surface area (Å²) in [6.45, 7) is 6.99. The second-order valence-electron chi connectivity index (χ2n) is 6.40. The number of aliphatic imine (C=N–C) groups is 2. The fourth-order valence-corrected chi connectivity index (χ4v) is 3.04. The van der Waals surface area contributed by atoms with E-state index in [2.05, 4.69) is 32.0 Å². The van der Waals surface area contributed by atoms with Gasteiger partial charge < -0.3 is 5.32 Å². The van der Waals surface area contributed by atoms with Gasteiger partial charge >= 0.3 is 0 Å². The average molecular weight is 436 g/mol. The molecule has 0 saturated heterocycles. The topological polar surface area (TPSA) is 79.6 Å². The van der Waals surface area contributed by atoms with Crippen molar-refractivity contribution in [3.8, 4) is 11.3 Å². The Hall–Kier alpha value is -3.71. The number of carbonyl (C=O) groups excluding carboxylic acids is 1. The van der Waals surface area contributed by atoms with Gasteiger partial charge in [-0.2, -0.15) is 0 Å². The Labute approximate surface area is 184 Å². The number of benzene rings is 2. The van der Waals surface area contributed by atoms with Crippen LogP contribution in [-0.4, -0.2) is 28.4 Å². The van der Waals surface area contributed by atoms with E-state index in [-0.39, 0.29) is 22.0 Å². The molecule has 8 heteroatoms. The first-order chi connectivity index (χ1) is 14.9. The highest BCUT2D eigenvalue weighted by Crippen LogP contribution is 2.27. The summed E-state index contributed by atoms with van der Waals surface area (Å²) in [6, 6.07) is 11.7. The van der Waals surface area contributed by atoms with Crippen LogP contribution in [0.4, 0.5) is 10.1 Å². The number of aromatic nitrogens is 2. The van der Waals surface area contributed by atoms with Crippen LogP contribution >= 0.6 is 11.6 Å². The van der Waals surface area contributed by atoms with Crippen molar-refractivity contribution in [1.82, 2.24) is 9.97 Å². The minimum absolute atomic E-state index is 0.0633. The van der Waals surface area contributed by atoms with Crippen LogP contribution in [-0.2, 0) is 0 Å². The number of halogens is 2. The summed E-state index contributed by atoms with van der Waals surface area (Å²) in [5.74, 6) is -0.760. The maximum absolute atomic E-state index is 14.6. The molecule has 6 nitrogen and oxygen atoms in total. The van der Waals surface area contributed by atoms with Crippen molar-refractivity contribution in [3.63, 3.8) is 0 Å². The Morgan fingerprint density at radius 1 is 1.23 bits per heavy atom. The first-order valence-corrected chi connectivity index (χ1v) is 9.68. The van der Waals surface area contributed by atoms with Crippen LogP contribution < -0.4 is 5.32 Å². The van der Waals surface area contributed by atoms with Gasteiger partial charge in [0.25, 0.3) is 5.91 Å². The Morgan fingerprint density at radius 3 is 2.65 bits per heavy atom. The molecule has 0 aliphatic heterocycles. The van der Waals surface area contributed by atoms with Gasteiger partial charge in [0.2, 0.25) is 0 Å². The minimum Gasteiger partial charge on any atom is -0.319 e. The van der Waals surface area contributed by atoms with Crippen LogP contribution in [0, 0.1) is 12.7 Å². The van der Waals surface area contributed by atoms with Crippen molar-refractivity contribution in [2.24, 2.45) is 9.98 Å². The quantitative estimate of drug-likeness (QED) is 0.425. The van der Waals surface area contributed by atoms with Crippen molar-refractivity contribution in [3.05, 3.63) is 88.7 Å². The third kappa shape index (κ3) is 5.07. The monoisotopic (exact) mass is 435 g/mol. The van der Waals surface area contributed by atoms with Crippen molar-refractivity contribution < 1.29 is 9.18 Å². The highest BCUT2D eigenvalue weighted by atomic mass is 35.5. The summed E-state index contributed by atoms with van der Waals surface area (Å²) in [7, 11) is 0. The van der Waals surface area contributed by atoms with E-state index in [1.54, 1.807) is 19.9 Å². The molecule has 31 heavy (non-hydrogen) atoms. The molecule has 1 aromatic heterocycles. The first kappa shape index (κ1) is 22.0. The van der Waals surface area contributed by atoms with Crippen molar-refractivity contribution in [2.45, 2.75) is 13.8 Å². The van der Waals surface area contributed by atoms with E-state index in [0.717, 1.165) is 11.6 Å². The molecule has 0 radical (unpaired) electrons. The molecule has 0 saturated carbocycles. The molecular formula is C23H19ClFN5O. The summed E-state index contributed by atoms with van der Waals surface area (Å²) in [5, 5.41) is 2.76. The fourth-order valence-electron chi connectivity index (χ4n) is 2.80. The number of amides is 1. The summed E-state index contributed by atoms with van der Waals surface area (Å²) in [5.41, 5.74) is 1.72. The van der Waals surface area contributed by atoms with Gasteiger partial charge in [0, 0.05) is 17.3 Å². The lowest BCUT2D eigenvalue weighted by atomic mass is 10.1. The molecule has 0 bridgehead atoms. The molecular weight excluding hydrogens is 417 g/mol. The van der Waals surface area contributed by atoms with Crippen molar-refractivity contribution in [1.29, 1.82) is 0 Å². The summed E-state index contributed by atoms with van der Waals surface area (Å²) in [6.07, 6.45) is 4.68. The lowest BCUT2D eigenvalue weighted by molar-refractivity contribution is 0.102. The number of hydrogen-bond acceptors (Lipinski definition) is 4. The van der Waals surface area contributed by atoms with E-state index in [9.17, 15) is 9.18 Å². The Bertz CT molecular complexity index is 1190. The zero-order valence-electron chi connectivity index (χ0n) is 16.9. The van der Waals surface area contributed by atoms with E-state index in [0.29, 0.717) is 17.2 Å². The minimum atomic E-state index is -0.782. The van der Waals surface area contributed by atoms with Crippen LogP contribution in [0.2, 0.25) is 5.02 Å². The summed E-state index contributed by atoms with van der Waals surface area (Å²) in [4.78, 5) is 29.5. The fraction of sp³-hybridized carbons (Fsp3) is 0.0870. The number of carbonyl (C=O) groups is 1. The van der Waals surface area contributed by atoms with Gasteiger partial charge in [-0.1, -0.05) is 48.0 Å². The maximum atomic E-state index is 14.6. The molecule has 0 aliphatic rings. The number of aryl methyl sites for hydroxylation is 1. The lowest BCUT2D eigenvalue weighted by Crippen LogP contribution is -2.16. The molecule has 0 unspecified atom stereocenters. The zero-order chi connectivity index (χ0) is 22.4. The second kappa shape index (κ2) is 9.86. The molecule has 3 rings (SSSR count). The first-order valence-electron chi connectivity index (χ1n) is 9.30. The van der Waals surface area contributed by atoms with Gasteiger partial charge in [-0.3, -0.25) is 4.79 Å². The van der Waals surface area contributed by atoms with E-state index in [1.807, 2.05) is 30.3 Å². The number of nitrogens with zero attached hydrogens (tertiary/aromatic N) is 4. The third-order valence-corrected chi connectivity index (χ3v) is 4.56. The summed E-state index contributed by atoms with van der Waals surface area (Å²) >= 11 is 6.16. The highest BCUT2D eigenvalue weighted by molar-refractivity contribution is 6.34. The van der Waals surface area contributed by atoms with Gasteiger partial charge in [-0.05, 0) is 32.7 Å². The SMILES string of the molecule is C=NC(=NC=CC)c1cc(C(=O)Nc2cnc(C)nc2-c2ccccc2)c(F)cc1Cl. The van der Waals surface area contributed by atoms with E-state index in [4.69, 9.17) is 11.6 Å². The highest BCUT2D eigenvalue weighted by Gasteiger charge is 2.19. The van der Waals surface area contributed by atoms with Gasteiger partial charge in [0.1, 0.15) is 11.6 Å². The molecule has 0 atom stereocenters. The molecule has 1 N–H and O–H groups in total. The normalized spacial score (nSPS) is 11.5. The number of amidine groups is 1. The largest absolute Gasteiger partial charge is 0.319 e. The number of hydrogen-bond donors (Lipinski definition) is 1. The van der Waals surface area contributed by atoms with Gasteiger partial charge in [-0.15, -0.1) is 0 Å². The van der Waals surface area contributed by atoms with Crippen LogP contribution in [0.3, 0.4) is 0 Å². The second-order valence-corrected chi connectivity index (χ2v) is 6.81. The molecule has 0 fully saturated rings. The standard InChI is InChI=1S/C23H19ClFN5O/c1-4-10-27-22(26-3)16-11-17(19(25)12-18(16)24)23(31)30-20-13-28-14(2)29-21(20)15-8-6-5-7-9-15/h4-13H,3H2,1-2H3,(H,30,31). The maximum Gasteiger partial charge on any atom is 0.258 e. The van der Waals surface area contributed by atoms with Crippen molar-refractivity contribution >= 4 is 35.7 Å². The zero-order valence-corrected chi connectivity index (χ0v) is 17.7. The Balaban J connectivity index is 2.02. The van der Waals surface area contributed by atoms with Crippen LogP contribution in [0.1, 0.15) is 28.7 Å². The number of anilines is 1. The number of rotatable bonds is 5. The number of nitrogens with one attached hydrogen (secondary N) is 1. The van der Waals surface area contributed by atoms with Crippen molar-refractivity contribution in [2.75, 3.05) is 5.32 Å². The summed E-state index contributed by atoms with van der Waals surface area (Å²) < 4.78 is 14.6. The molecule has 1 amide bonds. The molecule has 2 aromatic carbocycles. The average Bonchev–Trinajstić information content (AvgIpc) is 2.77. The Morgan fingerprint density at radius 2 is 1.97 bits per heavy atom. The van der Waals surface area contributed by atoms with Gasteiger partial charge in [-0.25, -0.2) is 24.3 Å². The molecule has 156 valence electrons. The van der Waals surface area contributed by atoms with Gasteiger partial charge in [0.15, 0.2) is 5.84 Å². The molecule has 1 heterocycles. The predicted molar refractivity (Wildman–Crippen MR) is 122 cm³/mol. The van der Waals surface area contributed by atoms with Crippen LogP contribution in [0.15, 0.2) is 70.9 Å². The van der Waals surface area contributed by atoms with Gasteiger partial charge in [0.05, 0.1) is 28.2 Å². The Kier molecular flexibility index (Phi) is 6.99. The van der Waals surface area contributed by atoms with E-state index >= 15 is 0 Å². The van der Waals surface area contributed by atoms with Crippen LogP contribution in [0.25, 0.3) is 11.3 Å². The number of allylic oxidation sites excluding steroid dienone is 1. The predicted octanol–water partition coefficient (Wildman–Crippen LogP) is 5.48. The smallest absolute Gasteiger partial charge is 0.258 e. The third-order valence-electron chi connectivity index (χ3n) is 4.24. The van der Waals surface area contributed by atoms with Crippen LogP contribution in [0.5, 0.6) is 0 Å². The van der Waals surface area contributed by atoms with E-state index in [1.165, 1.54) is 18.5 Å². The van der Waals surface area contributed by atoms with E-state index < -0.39 is 11.7 Å². The molecule has 0 aliphatic carbocycles. The lowest BCUT2D eigenvalue weighted by Gasteiger charge is -2.12. The molecule has 0 spiro atoms. The molecule has 3 aromatic rings.